The summed E-state index contributed by atoms with van der Waals surface area (Å²) in [6, 6.07) is 1.66. The quantitative estimate of drug-likeness (QED) is 0.685. The molecule has 1 aromatic rings. The molecule has 0 aliphatic rings. The Bertz CT molecular complexity index is 437. The van der Waals surface area contributed by atoms with E-state index in [1.54, 1.807) is 6.07 Å². The predicted octanol–water partition coefficient (Wildman–Crippen LogP) is 1.06. The molecule has 0 unspecified atom stereocenters. The van der Waals surface area contributed by atoms with Crippen molar-refractivity contribution in [1.29, 1.82) is 0 Å². The minimum atomic E-state index is -3.37. The third kappa shape index (κ3) is 4.49. The molecule has 5 nitrogen and oxygen atoms in total. The van der Waals surface area contributed by atoms with Gasteiger partial charge >= 0.3 is 0 Å². The van der Waals surface area contributed by atoms with E-state index in [1.807, 2.05) is 20.8 Å². The van der Waals surface area contributed by atoms with Gasteiger partial charge in [-0.05, 0) is 18.5 Å². The first-order valence-electron chi connectivity index (χ1n) is 5.83. The van der Waals surface area contributed by atoms with E-state index in [-0.39, 0.29) is 0 Å². The van der Waals surface area contributed by atoms with Crippen LogP contribution in [0.5, 0.6) is 0 Å². The molecule has 1 aromatic heterocycles. The maximum atomic E-state index is 11.9. The van der Waals surface area contributed by atoms with Gasteiger partial charge in [0.15, 0.2) is 0 Å². The summed E-state index contributed by atoms with van der Waals surface area (Å²) in [5.74, 6) is 0.296. The second kappa shape index (κ2) is 6.18. The van der Waals surface area contributed by atoms with Crippen LogP contribution >= 0.6 is 0 Å². The molecule has 17 heavy (non-hydrogen) atoms. The molecule has 0 radical (unpaired) electrons. The summed E-state index contributed by atoms with van der Waals surface area (Å²) in [7, 11) is -3.37. The van der Waals surface area contributed by atoms with Crippen LogP contribution in [0.1, 0.15) is 26.5 Å². The lowest BCUT2D eigenvalue weighted by atomic mass is 10.2. The highest BCUT2D eigenvalue weighted by molar-refractivity contribution is 7.89. The van der Waals surface area contributed by atoms with Crippen molar-refractivity contribution >= 4 is 10.0 Å². The summed E-state index contributed by atoms with van der Waals surface area (Å²) < 4.78 is 26.3. The summed E-state index contributed by atoms with van der Waals surface area (Å²) in [4.78, 5) is 3.25. The summed E-state index contributed by atoms with van der Waals surface area (Å²) in [5, 5.41) is 3.13. The molecular weight excluding hydrogens is 238 g/mol. The Morgan fingerprint density at radius 3 is 2.71 bits per heavy atom. The van der Waals surface area contributed by atoms with Gasteiger partial charge in [-0.15, -0.1) is 0 Å². The Labute approximate surface area is 103 Å². The smallest absolute Gasteiger partial charge is 0.242 e. The van der Waals surface area contributed by atoms with Crippen molar-refractivity contribution in [1.82, 2.24) is 15.0 Å². The van der Waals surface area contributed by atoms with Gasteiger partial charge in [0.1, 0.15) is 0 Å². The van der Waals surface area contributed by atoms with Gasteiger partial charge in [0.25, 0.3) is 0 Å². The number of hydrogen-bond donors (Lipinski definition) is 3. The minimum absolute atomic E-state index is 0.296. The monoisotopic (exact) mass is 259 g/mol. The Morgan fingerprint density at radius 2 is 2.12 bits per heavy atom. The standard InChI is InChI=1S/C11H21N3O2S/c1-4-12-7-10-5-11(8-13-10)17(15,16)14-6-9(2)3/h5,8-9,12-14H,4,6-7H2,1-3H3. The van der Waals surface area contributed by atoms with Gasteiger partial charge in [0.2, 0.25) is 10.0 Å². The number of rotatable bonds is 7. The van der Waals surface area contributed by atoms with Crippen LogP contribution in [-0.4, -0.2) is 26.5 Å². The van der Waals surface area contributed by atoms with Crippen LogP contribution in [0.4, 0.5) is 0 Å². The van der Waals surface area contributed by atoms with E-state index < -0.39 is 10.0 Å². The molecular formula is C11H21N3O2S. The van der Waals surface area contributed by atoms with E-state index in [0.717, 1.165) is 12.2 Å². The molecule has 0 amide bonds. The molecule has 98 valence electrons. The molecule has 0 saturated heterocycles. The van der Waals surface area contributed by atoms with E-state index in [1.165, 1.54) is 6.20 Å². The summed E-state index contributed by atoms with van der Waals surface area (Å²) in [6.45, 7) is 7.90. The highest BCUT2D eigenvalue weighted by Crippen LogP contribution is 2.10. The largest absolute Gasteiger partial charge is 0.363 e. The molecule has 1 rings (SSSR count). The third-order valence-electron chi connectivity index (χ3n) is 2.27. The number of hydrogen-bond acceptors (Lipinski definition) is 3. The van der Waals surface area contributed by atoms with Crippen LogP contribution in [-0.2, 0) is 16.6 Å². The van der Waals surface area contributed by atoms with Gasteiger partial charge in [0.05, 0.1) is 4.90 Å². The van der Waals surface area contributed by atoms with Crippen molar-refractivity contribution in [2.75, 3.05) is 13.1 Å². The molecule has 0 bridgehead atoms. The molecule has 0 aliphatic carbocycles. The lowest BCUT2D eigenvalue weighted by Gasteiger charge is -2.06. The highest BCUT2D eigenvalue weighted by Gasteiger charge is 2.15. The zero-order valence-electron chi connectivity index (χ0n) is 10.6. The summed E-state index contributed by atoms with van der Waals surface area (Å²) in [6.07, 6.45) is 1.52. The van der Waals surface area contributed by atoms with Crippen LogP contribution in [0, 0.1) is 5.92 Å². The van der Waals surface area contributed by atoms with Crippen LogP contribution in [0.2, 0.25) is 0 Å². The second-order valence-corrected chi connectivity index (χ2v) is 6.15. The van der Waals surface area contributed by atoms with Crippen molar-refractivity contribution in [3.8, 4) is 0 Å². The number of sulfonamides is 1. The van der Waals surface area contributed by atoms with E-state index >= 15 is 0 Å². The molecule has 0 atom stereocenters. The van der Waals surface area contributed by atoms with Crippen LogP contribution in [0.25, 0.3) is 0 Å². The fraction of sp³-hybridized carbons (Fsp3) is 0.636. The molecule has 0 aliphatic heterocycles. The number of nitrogens with one attached hydrogen (secondary N) is 3. The molecule has 6 heteroatoms. The molecule has 3 N–H and O–H groups in total. The van der Waals surface area contributed by atoms with Gasteiger partial charge in [-0.1, -0.05) is 20.8 Å². The first kappa shape index (κ1) is 14.2. The van der Waals surface area contributed by atoms with Crippen molar-refractivity contribution in [2.45, 2.75) is 32.2 Å². The van der Waals surface area contributed by atoms with Crippen LogP contribution < -0.4 is 10.0 Å². The number of aromatic nitrogens is 1. The Kier molecular flexibility index (Phi) is 5.17. The van der Waals surface area contributed by atoms with Gasteiger partial charge in [-0.2, -0.15) is 0 Å². The topological polar surface area (TPSA) is 74.0 Å². The predicted molar refractivity (Wildman–Crippen MR) is 68.2 cm³/mol. The van der Waals surface area contributed by atoms with Crippen LogP contribution in [0.3, 0.4) is 0 Å². The Balaban J connectivity index is 2.68. The number of aromatic amines is 1. The highest BCUT2D eigenvalue weighted by atomic mass is 32.2. The summed E-state index contributed by atoms with van der Waals surface area (Å²) >= 11 is 0. The van der Waals surface area contributed by atoms with Crippen molar-refractivity contribution in [2.24, 2.45) is 5.92 Å². The van der Waals surface area contributed by atoms with Gasteiger partial charge in [-0.3, -0.25) is 0 Å². The normalized spacial score (nSPS) is 12.2. The van der Waals surface area contributed by atoms with Gasteiger partial charge in [0, 0.05) is 25.0 Å². The Hall–Kier alpha value is -0.850. The van der Waals surface area contributed by atoms with E-state index in [2.05, 4.69) is 15.0 Å². The lowest BCUT2D eigenvalue weighted by Crippen LogP contribution is -2.27. The zero-order chi connectivity index (χ0) is 12.9. The lowest BCUT2D eigenvalue weighted by molar-refractivity contribution is 0.560. The van der Waals surface area contributed by atoms with Gasteiger partial charge in [-0.25, -0.2) is 13.1 Å². The van der Waals surface area contributed by atoms with Gasteiger partial charge < -0.3 is 10.3 Å². The van der Waals surface area contributed by atoms with Crippen molar-refractivity contribution in [3.05, 3.63) is 18.0 Å². The SMILES string of the molecule is CCNCc1cc(S(=O)(=O)NCC(C)C)c[nH]1. The molecule has 0 saturated carbocycles. The van der Waals surface area contributed by atoms with Crippen molar-refractivity contribution in [3.63, 3.8) is 0 Å². The average Bonchev–Trinajstić information content (AvgIpc) is 2.73. The van der Waals surface area contributed by atoms with E-state index in [9.17, 15) is 8.42 Å². The Morgan fingerprint density at radius 1 is 1.41 bits per heavy atom. The maximum absolute atomic E-state index is 11.9. The zero-order valence-corrected chi connectivity index (χ0v) is 11.4. The minimum Gasteiger partial charge on any atom is -0.363 e. The third-order valence-corrected chi connectivity index (χ3v) is 3.68. The average molecular weight is 259 g/mol. The van der Waals surface area contributed by atoms with Crippen LogP contribution in [0.15, 0.2) is 17.2 Å². The maximum Gasteiger partial charge on any atom is 0.242 e. The fourth-order valence-corrected chi connectivity index (χ4v) is 2.53. The first-order chi connectivity index (χ1) is 7.95. The first-order valence-corrected chi connectivity index (χ1v) is 7.31. The number of H-pyrrole nitrogens is 1. The van der Waals surface area contributed by atoms with Crippen molar-refractivity contribution < 1.29 is 8.42 Å². The van der Waals surface area contributed by atoms with E-state index in [4.69, 9.17) is 0 Å². The fourth-order valence-electron chi connectivity index (χ4n) is 1.30. The molecule has 0 aromatic carbocycles. The molecule has 1 heterocycles. The molecule has 0 spiro atoms. The second-order valence-electron chi connectivity index (χ2n) is 4.39. The van der Waals surface area contributed by atoms with E-state index in [0.29, 0.717) is 23.9 Å². The molecule has 0 fully saturated rings. The summed E-state index contributed by atoms with van der Waals surface area (Å²) in [5.41, 5.74) is 0.872.